The van der Waals surface area contributed by atoms with Crippen LogP contribution in [0.4, 0.5) is 0 Å². The Bertz CT molecular complexity index is 391. The van der Waals surface area contributed by atoms with Gasteiger partial charge in [0, 0.05) is 23.3 Å². The number of hydrogen-bond acceptors (Lipinski definition) is 3. The molecule has 2 rings (SSSR count). The molecule has 1 aliphatic rings. The molecular formula is C11H13NO2S. The average molecular weight is 223 g/mol. The fraction of sp³-hybridized carbons (Fsp3) is 0.273. The zero-order valence-corrected chi connectivity index (χ0v) is 9.29. The Morgan fingerprint density at radius 1 is 1.40 bits per heavy atom. The van der Waals surface area contributed by atoms with Gasteiger partial charge < -0.3 is 0 Å². The van der Waals surface area contributed by atoms with Crippen LogP contribution < -0.4 is 5.48 Å². The molecule has 1 aromatic carbocycles. The molecule has 0 spiro atoms. The lowest BCUT2D eigenvalue weighted by Gasteiger charge is -2.24. The van der Waals surface area contributed by atoms with Gasteiger partial charge in [0.2, 0.25) is 0 Å². The number of benzene rings is 1. The lowest BCUT2D eigenvalue weighted by molar-refractivity contribution is -0.0250. The first-order valence-electron chi connectivity index (χ1n) is 4.70. The molecule has 1 aliphatic heterocycles. The molecule has 0 bridgehead atoms. The molecule has 0 fully saturated rings. The standard InChI is InChI=1S/C11H13NO2S/c1-15(13)9-11(7-8-12-14-11)10-5-3-2-4-6-10/h2-8,12H,9H2,1H3. The Morgan fingerprint density at radius 3 is 2.67 bits per heavy atom. The Labute approximate surface area is 91.6 Å². The van der Waals surface area contributed by atoms with Gasteiger partial charge in [-0.25, -0.2) is 0 Å². The summed E-state index contributed by atoms with van der Waals surface area (Å²) in [6, 6.07) is 9.80. The van der Waals surface area contributed by atoms with E-state index in [1.54, 1.807) is 12.5 Å². The summed E-state index contributed by atoms with van der Waals surface area (Å²) in [5, 5.41) is 0. The lowest BCUT2D eigenvalue weighted by atomic mass is 9.96. The van der Waals surface area contributed by atoms with E-state index in [0.29, 0.717) is 5.75 Å². The summed E-state index contributed by atoms with van der Waals surface area (Å²) in [7, 11) is -0.911. The Morgan fingerprint density at radius 2 is 2.13 bits per heavy atom. The molecule has 0 aliphatic carbocycles. The minimum Gasteiger partial charge on any atom is -0.273 e. The second-order valence-electron chi connectivity index (χ2n) is 3.53. The summed E-state index contributed by atoms with van der Waals surface area (Å²) in [5.41, 5.74) is 3.13. The molecule has 0 saturated heterocycles. The molecule has 1 aromatic rings. The minimum atomic E-state index is -0.911. The van der Waals surface area contributed by atoms with Crippen LogP contribution in [0.5, 0.6) is 0 Å². The molecule has 0 saturated carbocycles. The van der Waals surface area contributed by atoms with Crippen LogP contribution in [-0.4, -0.2) is 16.2 Å². The smallest absolute Gasteiger partial charge is 0.152 e. The average Bonchev–Trinajstić information content (AvgIpc) is 2.68. The zero-order valence-electron chi connectivity index (χ0n) is 8.47. The molecule has 4 heteroatoms. The largest absolute Gasteiger partial charge is 0.273 e. The Balaban J connectivity index is 2.35. The summed E-state index contributed by atoms with van der Waals surface area (Å²) in [6.45, 7) is 0. The van der Waals surface area contributed by atoms with Crippen molar-refractivity contribution in [2.24, 2.45) is 0 Å². The van der Waals surface area contributed by atoms with Crippen molar-refractivity contribution >= 4 is 10.8 Å². The van der Waals surface area contributed by atoms with Crippen molar-refractivity contribution in [2.45, 2.75) is 5.60 Å². The number of nitrogens with one attached hydrogen (secondary N) is 1. The third-order valence-electron chi connectivity index (χ3n) is 2.34. The number of hydrogen-bond donors (Lipinski definition) is 1. The van der Waals surface area contributed by atoms with Crippen molar-refractivity contribution in [3.63, 3.8) is 0 Å². The first-order valence-corrected chi connectivity index (χ1v) is 6.42. The summed E-state index contributed by atoms with van der Waals surface area (Å²) >= 11 is 0. The second kappa shape index (κ2) is 4.16. The van der Waals surface area contributed by atoms with Crippen LogP contribution in [0.1, 0.15) is 5.56 Å². The topological polar surface area (TPSA) is 38.3 Å². The second-order valence-corrected chi connectivity index (χ2v) is 4.96. The summed E-state index contributed by atoms with van der Waals surface area (Å²) in [6.07, 6.45) is 5.32. The van der Waals surface area contributed by atoms with Crippen molar-refractivity contribution < 1.29 is 9.05 Å². The highest BCUT2D eigenvalue weighted by Gasteiger charge is 2.35. The van der Waals surface area contributed by atoms with Crippen molar-refractivity contribution in [3.05, 3.63) is 48.2 Å². The van der Waals surface area contributed by atoms with Gasteiger partial charge in [-0.2, -0.15) is 0 Å². The third-order valence-corrected chi connectivity index (χ3v) is 3.18. The van der Waals surface area contributed by atoms with E-state index in [0.717, 1.165) is 5.56 Å². The van der Waals surface area contributed by atoms with Crippen LogP contribution in [0.2, 0.25) is 0 Å². The fourth-order valence-electron chi connectivity index (χ4n) is 1.68. The van der Waals surface area contributed by atoms with Crippen LogP contribution in [0, 0.1) is 0 Å². The predicted molar refractivity (Wildman–Crippen MR) is 60.4 cm³/mol. The van der Waals surface area contributed by atoms with Gasteiger partial charge in [0.15, 0.2) is 5.60 Å². The zero-order chi connectivity index (χ0) is 10.7. The summed E-state index contributed by atoms with van der Waals surface area (Å²) < 4.78 is 11.3. The molecule has 15 heavy (non-hydrogen) atoms. The van der Waals surface area contributed by atoms with Crippen LogP contribution >= 0.6 is 0 Å². The van der Waals surface area contributed by atoms with E-state index in [1.807, 2.05) is 36.4 Å². The lowest BCUT2D eigenvalue weighted by Crippen LogP contribution is -2.33. The first kappa shape index (κ1) is 10.4. The van der Waals surface area contributed by atoms with E-state index in [1.165, 1.54) is 0 Å². The van der Waals surface area contributed by atoms with Gasteiger partial charge in [0.1, 0.15) is 0 Å². The van der Waals surface area contributed by atoms with E-state index in [9.17, 15) is 4.21 Å². The predicted octanol–water partition coefficient (Wildman–Crippen LogP) is 1.31. The van der Waals surface area contributed by atoms with Crippen molar-refractivity contribution in [1.29, 1.82) is 0 Å². The summed E-state index contributed by atoms with van der Waals surface area (Å²) in [4.78, 5) is 5.48. The van der Waals surface area contributed by atoms with Gasteiger partial charge in [0.05, 0.1) is 5.75 Å². The highest BCUT2D eigenvalue weighted by Crippen LogP contribution is 2.30. The molecule has 80 valence electrons. The molecule has 0 aromatic heterocycles. The maximum absolute atomic E-state index is 11.3. The molecule has 0 radical (unpaired) electrons. The van der Waals surface area contributed by atoms with Gasteiger partial charge in [-0.15, -0.1) is 0 Å². The maximum Gasteiger partial charge on any atom is 0.152 e. The Hall–Kier alpha value is -1.13. The van der Waals surface area contributed by atoms with Gasteiger partial charge in [0.25, 0.3) is 0 Å². The van der Waals surface area contributed by atoms with Crippen LogP contribution in [-0.2, 0) is 21.2 Å². The van der Waals surface area contributed by atoms with Crippen LogP contribution in [0.3, 0.4) is 0 Å². The van der Waals surface area contributed by atoms with Gasteiger partial charge in [-0.3, -0.25) is 14.5 Å². The number of hydroxylamine groups is 1. The number of rotatable bonds is 3. The van der Waals surface area contributed by atoms with Crippen LogP contribution in [0.15, 0.2) is 42.6 Å². The van der Waals surface area contributed by atoms with E-state index < -0.39 is 16.4 Å². The highest BCUT2D eigenvalue weighted by atomic mass is 32.2. The van der Waals surface area contributed by atoms with Crippen molar-refractivity contribution in [3.8, 4) is 0 Å². The maximum atomic E-state index is 11.3. The summed E-state index contributed by atoms with van der Waals surface area (Å²) in [5.74, 6) is 0.459. The third kappa shape index (κ3) is 2.11. The highest BCUT2D eigenvalue weighted by molar-refractivity contribution is 7.84. The van der Waals surface area contributed by atoms with Gasteiger partial charge in [-0.05, 0) is 11.6 Å². The minimum absolute atomic E-state index is 0.459. The van der Waals surface area contributed by atoms with E-state index in [2.05, 4.69) is 5.48 Å². The first-order chi connectivity index (χ1) is 7.23. The molecule has 2 unspecified atom stereocenters. The molecule has 2 atom stereocenters. The monoisotopic (exact) mass is 223 g/mol. The van der Waals surface area contributed by atoms with Crippen molar-refractivity contribution in [2.75, 3.05) is 12.0 Å². The SMILES string of the molecule is CS(=O)CC1(c2ccccc2)C=CNO1. The van der Waals surface area contributed by atoms with Crippen LogP contribution in [0.25, 0.3) is 0 Å². The normalized spacial score (nSPS) is 26.2. The molecule has 1 heterocycles. The van der Waals surface area contributed by atoms with E-state index in [-0.39, 0.29) is 0 Å². The quantitative estimate of drug-likeness (QED) is 0.839. The Kier molecular flexibility index (Phi) is 2.88. The molecule has 1 N–H and O–H groups in total. The molecule has 3 nitrogen and oxygen atoms in total. The molecular weight excluding hydrogens is 210 g/mol. The van der Waals surface area contributed by atoms with Crippen molar-refractivity contribution in [1.82, 2.24) is 5.48 Å². The van der Waals surface area contributed by atoms with Gasteiger partial charge in [-0.1, -0.05) is 30.3 Å². The molecule has 0 amide bonds. The van der Waals surface area contributed by atoms with E-state index in [4.69, 9.17) is 4.84 Å². The van der Waals surface area contributed by atoms with Gasteiger partial charge >= 0.3 is 0 Å². The fourth-order valence-corrected chi connectivity index (χ4v) is 2.61. The van der Waals surface area contributed by atoms with E-state index >= 15 is 0 Å².